The highest BCUT2D eigenvalue weighted by molar-refractivity contribution is 5.37. The van der Waals surface area contributed by atoms with Gasteiger partial charge in [-0.05, 0) is 25.7 Å². The lowest BCUT2D eigenvalue weighted by Gasteiger charge is -2.06. The molecule has 0 spiro atoms. The molecule has 1 aliphatic rings. The number of aromatic nitrogens is 2. The maximum absolute atomic E-state index is 9.00. The number of ether oxygens (including phenoxy) is 1. The molecule has 2 rings (SSSR count). The van der Waals surface area contributed by atoms with Gasteiger partial charge in [0.25, 0.3) is 0 Å². The molecule has 5 nitrogen and oxygen atoms in total. The van der Waals surface area contributed by atoms with E-state index < -0.39 is 0 Å². The molecule has 5 heteroatoms. The molecule has 1 saturated carbocycles. The molecule has 1 heterocycles. The molecule has 0 unspecified atom stereocenters. The van der Waals surface area contributed by atoms with Crippen LogP contribution in [-0.2, 0) is 11.3 Å². The van der Waals surface area contributed by atoms with Gasteiger partial charge in [0.15, 0.2) is 11.4 Å². The van der Waals surface area contributed by atoms with Crippen molar-refractivity contribution in [3.8, 4) is 12.1 Å². The molecule has 17 heavy (non-hydrogen) atoms. The van der Waals surface area contributed by atoms with Crippen molar-refractivity contribution in [3.05, 3.63) is 17.2 Å². The summed E-state index contributed by atoms with van der Waals surface area (Å²) < 4.78 is 7.26. The van der Waals surface area contributed by atoms with Gasteiger partial charge < -0.3 is 9.30 Å². The third kappa shape index (κ3) is 2.64. The van der Waals surface area contributed by atoms with Crippen LogP contribution in [0.5, 0.6) is 0 Å². The highest BCUT2D eigenvalue weighted by Gasteiger charge is 2.21. The van der Waals surface area contributed by atoms with Crippen molar-refractivity contribution in [1.29, 1.82) is 10.5 Å². The van der Waals surface area contributed by atoms with Crippen LogP contribution in [-0.4, -0.2) is 22.8 Å². The van der Waals surface area contributed by atoms with E-state index in [1.54, 1.807) is 11.5 Å². The average Bonchev–Trinajstić information content (AvgIpc) is 3.09. The SMILES string of the molecule is Cc1nc(C#N)c(C#N)n1CCOCC1CC1. The number of hydrogen-bond acceptors (Lipinski definition) is 4. The molecule has 1 aromatic rings. The smallest absolute Gasteiger partial charge is 0.177 e. The molecule has 0 aromatic carbocycles. The number of rotatable bonds is 5. The van der Waals surface area contributed by atoms with E-state index in [0.29, 0.717) is 24.7 Å². The summed E-state index contributed by atoms with van der Waals surface area (Å²) >= 11 is 0. The van der Waals surface area contributed by atoms with Crippen molar-refractivity contribution in [1.82, 2.24) is 9.55 Å². The zero-order valence-electron chi connectivity index (χ0n) is 9.81. The van der Waals surface area contributed by atoms with E-state index >= 15 is 0 Å². The molecule has 0 radical (unpaired) electrons. The van der Waals surface area contributed by atoms with Gasteiger partial charge in [-0.15, -0.1) is 0 Å². The van der Waals surface area contributed by atoms with Crippen molar-refractivity contribution in [2.24, 2.45) is 5.92 Å². The molecular formula is C12H14N4O. The maximum Gasteiger partial charge on any atom is 0.177 e. The summed E-state index contributed by atoms with van der Waals surface area (Å²) in [5.41, 5.74) is 0.534. The van der Waals surface area contributed by atoms with Crippen LogP contribution in [0.2, 0.25) is 0 Å². The highest BCUT2D eigenvalue weighted by atomic mass is 16.5. The minimum absolute atomic E-state index is 0.201. The number of aryl methyl sites for hydroxylation is 1. The van der Waals surface area contributed by atoms with Crippen LogP contribution in [0.25, 0.3) is 0 Å². The predicted octanol–water partition coefficient (Wildman–Crippen LogP) is 1.36. The lowest BCUT2D eigenvalue weighted by molar-refractivity contribution is 0.116. The van der Waals surface area contributed by atoms with E-state index in [-0.39, 0.29) is 5.69 Å². The third-order valence-corrected chi connectivity index (χ3v) is 2.88. The Morgan fingerprint density at radius 1 is 1.41 bits per heavy atom. The van der Waals surface area contributed by atoms with E-state index in [4.69, 9.17) is 15.3 Å². The van der Waals surface area contributed by atoms with Crippen LogP contribution in [0.15, 0.2) is 0 Å². The molecule has 0 atom stereocenters. The fourth-order valence-electron chi connectivity index (χ4n) is 1.72. The monoisotopic (exact) mass is 230 g/mol. The number of imidazole rings is 1. The van der Waals surface area contributed by atoms with Crippen molar-refractivity contribution < 1.29 is 4.74 Å². The number of nitrogens with zero attached hydrogens (tertiary/aromatic N) is 4. The molecule has 0 saturated heterocycles. The number of hydrogen-bond donors (Lipinski definition) is 0. The van der Waals surface area contributed by atoms with Gasteiger partial charge in [-0.1, -0.05) is 0 Å². The largest absolute Gasteiger partial charge is 0.379 e. The first-order valence-electron chi connectivity index (χ1n) is 5.71. The lowest BCUT2D eigenvalue weighted by atomic mass is 10.3. The van der Waals surface area contributed by atoms with Crippen LogP contribution in [0.3, 0.4) is 0 Å². The van der Waals surface area contributed by atoms with Crippen LogP contribution >= 0.6 is 0 Å². The Morgan fingerprint density at radius 2 is 2.18 bits per heavy atom. The van der Waals surface area contributed by atoms with Gasteiger partial charge in [0.1, 0.15) is 18.0 Å². The van der Waals surface area contributed by atoms with E-state index in [1.807, 2.05) is 12.1 Å². The molecular weight excluding hydrogens is 216 g/mol. The van der Waals surface area contributed by atoms with Gasteiger partial charge in [0, 0.05) is 13.2 Å². The van der Waals surface area contributed by atoms with Crippen molar-refractivity contribution in [2.75, 3.05) is 13.2 Å². The Hall–Kier alpha value is -1.85. The average molecular weight is 230 g/mol. The Kier molecular flexibility index (Phi) is 3.41. The van der Waals surface area contributed by atoms with Crippen LogP contribution < -0.4 is 0 Å². The fraction of sp³-hybridized carbons (Fsp3) is 0.583. The third-order valence-electron chi connectivity index (χ3n) is 2.88. The minimum atomic E-state index is 0.201. The van der Waals surface area contributed by atoms with Crippen molar-refractivity contribution >= 4 is 0 Å². The number of nitriles is 2. The first kappa shape index (κ1) is 11.6. The highest BCUT2D eigenvalue weighted by Crippen LogP contribution is 2.28. The van der Waals surface area contributed by atoms with Gasteiger partial charge in [0.2, 0.25) is 0 Å². The Balaban J connectivity index is 1.96. The molecule has 0 N–H and O–H groups in total. The normalized spacial score (nSPS) is 14.3. The van der Waals surface area contributed by atoms with E-state index in [9.17, 15) is 0 Å². The summed E-state index contributed by atoms with van der Waals surface area (Å²) in [6.07, 6.45) is 2.54. The topological polar surface area (TPSA) is 74.6 Å². The standard InChI is InChI=1S/C12H14N4O/c1-9-15-11(6-13)12(7-14)16(9)4-5-17-8-10-2-3-10/h10H,2-5,8H2,1H3. The summed E-state index contributed by atoms with van der Waals surface area (Å²) in [6, 6.07) is 3.95. The second-order valence-electron chi connectivity index (χ2n) is 4.25. The molecule has 0 bridgehead atoms. The summed E-state index contributed by atoms with van der Waals surface area (Å²) in [4.78, 5) is 4.05. The Bertz CT molecular complexity index is 488. The van der Waals surface area contributed by atoms with Crippen molar-refractivity contribution in [2.45, 2.75) is 26.3 Å². The molecule has 88 valence electrons. The molecule has 1 aliphatic carbocycles. The van der Waals surface area contributed by atoms with E-state index in [2.05, 4.69) is 4.98 Å². The first-order chi connectivity index (χ1) is 8.26. The summed E-state index contributed by atoms with van der Waals surface area (Å²) in [5.74, 6) is 1.43. The van der Waals surface area contributed by atoms with E-state index in [0.717, 1.165) is 12.5 Å². The van der Waals surface area contributed by atoms with Crippen molar-refractivity contribution in [3.63, 3.8) is 0 Å². The Morgan fingerprint density at radius 3 is 2.76 bits per heavy atom. The van der Waals surface area contributed by atoms with Gasteiger partial charge >= 0.3 is 0 Å². The van der Waals surface area contributed by atoms with Crippen LogP contribution in [0.4, 0.5) is 0 Å². The molecule has 0 amide bonds. The zero-order chi connectivity index (χ0) is 12.3. The van der Waals surface area contributed by atoms with Gasteiger partial charge in [-0.3, -0.25) is 0 Å². The molecule has 0 aliphatic heterocycles. The second kappa shape index (κ2) is 4.99. The summed E-state index contributed by atoms with van der Waals surface area (Å²) in [6.45, 7) is 3.74. The Labute approximate surface area is 100 Å². The van der Waals surface area contributed by atoms with Crippen LogP contribution in [0.1, 0.15) is 30.1 Å². The second-order valence-corrected chi connectivity index (χ2v) is 4.25. The molecule has 1 aromatic heterocycles. The first-order valence-corrected chi connectivity index (χ1v) is 5.71. The summed E-state index contributed by atoms with van der Waals surface area (Å²) in [5, 5.41) is 17.8. The van der Waals surface area contributed by atoms with Gasteiger partial charge in [-0.2, -0.15) is 10.5 Å². The fourth-order valence-corrected chi connectivity index (χ4v) is 1.72. The lowest BCUT2D eigenvalue weighted by Crippen LogP contribution is -2.10. The van der Waals surface area contributed by atoms with Gasteiger partial charge in [0.05, 0.1) is 6.61 Å². The van der Waals surface area contributed by atoms with Gasteiger partial charge in [-0.25, -0.2) is 4.98 Å². The quantitative estimate of drug-likeness (QED) is 0.716. The van der Waals surface area contributed by atoms with E-state index in [1.165, 1.54) is 12.8 Å². The predicted molar refractivity (Wildman–Crippen MR) is 59.9 cm³/mol. The van der Waals surface area contributed by atoms with Crippen LogP contribution in [0, 0.1) is 35.5 Å². The molecule has 1 fully saturated rings. The summed E-state index contributed by atoms with van der Waals surface area (Å²) in [7, 11) is 0. The maximum atomic E-state index is 9.00. The minimum Gasteiger partial charge on any atom is -0.379 e. The zero-order valence-corrected chi connectivity index (χ0v) is 9.81.